The van der Waals surface area contributed by atoms with Gasteiger partial charge in [-0.2, -0.15) is 0 Å². The Morgan fingerprint density at radius 2 is 1.89 bits per heavy atom. The zero-order valence-electron chi connectivity index (χ0n) is 11.2. The van der Waals surface area contributed by atoms with Gasteiger partial charge in [-0.1, -0.05) is 6.07 Å². The maximum absolute atomic E-state index is 11.9. The molecule has 0 heterocycles. The Kier molecular flexibility index (Phi) is 5.23. The molecule has 0 saturated carbocycles. The van der Waals surface area contributed by atoms with Crippen molar-refractivity contribution < 1.29 is 23.9 Å². The molecule has 1 aromatic carbocycles. The number of hydrogen-bond donors (Lipinski definition) is 0. The van der Waals surface area contributed by atoms with Gasteiger partial charge in [-0.25, -0.2) is 4.79 Å². The van der Waals surface area contributed by atoms with Gasteiger partial charge >= 0.3 is 5.97 Å². The van der Waals surface area contributed by atoms with Crippen molar-refractivity contribution in [2.45, 2.75) is 20.3 Å². The lowest BCUT2D eigenvalue weighted by atomic mass is 10.0. The lowest BCUT2D eigenvalue weighted by molar-refractivity contribution is -0.153. The van der Waals surface area contributed by atoms with E-state index in [1.54, 1.807) is 25.1 Å². The minimum atomic E-state index is -0.984. The van der Waals surface area contributed by atoms with Crippen molar-refractivity contribution in [1.29, 1.82) is 0 Å². The van der Waals surface area contributed by atoms with Crippen molar-refractivity contribution in [3.8, 4) is 5.75 Å². The summed E-state index contributed by atoms with van der Waals surface area (Å²) in [4.78, 5) is 34.6. The average molecular weight is 264 g/mol. The highest BCUT2D eigenvalue weighted by Gasteiger charge is 2.21. The lowest BCUT2D eigenvalue weighted by Gasteiger charge is -2.08. The third-order valence-electron chi connectivity index (χ3n) is 2.48. The second-order valence-electron chi connectivity index (χ2n) is 3.95. The van der Waals surface area contributed by atoms with Crippen molar-refractivity contribution in [3.63, 3.8) is 0 Å². The third-order valence-corrected chi connectivity index (χ3v) is 2.48. The molecule has 0 aliphatic heterocycles. The highest BCUT2D eigenvalue weighted by atomic mass is 16.5. The molecule has 0 aliphatic carbocycles. The van der Waals surface area contributed by atoms with Gasteiger partial charge in [0, 0.05) is 0 Å². The van der Waals surface area contributed by atoms with Crippen LogP contribution in [-0.2, 0) is 14.3 Å². The van der Waals surface area contributed by atoms with Crippen molar-refractivity contribution in [2.24, 2.45) is 0 Å². The highest BCUT2D eigenvalue weighted by Crippen LogP contribution is 2.21. The standard InChI is InChI=1S/C14H16O5/c1-4-19-14(17)12(16)8-11(15)10-6-5-9(2)7-13(10)18-3/h5-7H,4,8H2,1-3H3. The van der Waals surface area contributed by atoms with Crippen molar-refractivity contribution in [1.82, 2.24) is 0 Å². The van der Waals surface area contributed by atoms with Gasteiger partial charge < -0.3 is 9.47 Å². The van der Waals surface area contributed by atoms with E-state index in [2.05, 4.69) is 4.74 Å². The fourth-order valence-electron chi connectivity index (χ4n) is 1.55. The summed E-state index contributed by atoms with van der Waals surface area (Å²) in [6.07, 6.45) is -0.516. The third kappa shape index (κ3) is 3.91. The van der Waals surface area contributed by atoms with E-state index in [4.69, 9.17) is 4.74 Å². The quantitative estimate of drug-likeness (QED) is 0.338. The molecule has 0 fully saturated rings. The van der Waals surface area contributed by atoms with Gasteiger partial charge in [0.1, 0.15) is 5.75 Å². The summed E-state index contributed by atoms with van der Waals surface area (Å²) < 4.78 is 9.63. The van der Waals surface area contributed by atoms with E-state index in [1.165, 1.54) is 7.11 Å². The molecule has 0 spiro atoms. The number of esters is 1. The summed E-state index contributed by atoms with van der Waals surface area (Å²) in [6, 6.07) is 5.02. The molecule has 19 heavy (non-hydrogen) atoms. The van der Waals surface area contributed by atoms with E-state index in [-0.39, 0.29) is 12.2 Å². The van der Waals surface area contributed by atoms with Gasteiger partial charge in [0.05, 0.1) is 25.7 Å². The van der Waals surface area contributed by atoms with E-state index < -0.39 is 24.0 Å². The predicted molar refractivity (Wildman–Crippen MR) is 68.3 cm³/mol. The minimum Gasteiger partial charge on any atom is -0.496 e. The number of aryl methyl sites for hydroxylation is 1. The topological polar surface area (TPSA) is 69.7 Å². The Morgan fingerprint density at radius 1 is 1.21 bits per heavy atom. The summed E-state index contributed by atoms with van der Waals surface area (Å²) in [7, 11) is 1.44. The number of Topliss-reactive ketones (excluding diaryl/α,β-unsaturated/α-hetero) is 2. The molecule has 0 N–H and O–H groups in total. The monoisotopic (exact) mass is 264 g/mol. The predicted octanol–water partition coefficient (Wildman–Crippen LogP) is 1.71. The van der Waals surface area contributed by atoms with E-state index in [9.17, 15) is 14.4 Å². The van der Waals surface area contributed by atoms with Crippen LogP contribution in [0.15, 0.2) is 18.2 Å². The minimum absolute atomic E-state index is 0.104. The van der Waals surface area contributed by atoms with Gasteiger partial charge in [0.2, 0.25) is 5.78 Å². The van der Waals surface area contributed by atoms with Gasteiger partial charge in [-0.3, -0.25) is 9.59 Å². The zero-order chi connectivity index (χ0) is 14.4. The summed E-state index contributed by atoms with van der Waals surface area (Å²) in [5, 5.41) is 0. The fourth-order valence-corrected chi connectivity index (χ4v) is 1.55. The molecular formula is C14H16O5. The molecule has 0 bridgehead atoms. The van der Waals surface area contributed by atoms with Gasteiger partial charge in [0.15, 0.2) is 5.78 Å². The van der Waals surface area contributed by atoms with Crippen LogP contribution in [0.25, 0.3) is 0 Å². The summed E-state index contributed by atoms with van der Waals surface area (Å²) in [5.74, 6) is -1.91. The first kappa shape index (κ1) is 14.9. The lowest BCUT2D eigenvalue weighted by Crippen LogP contribution is -2.20. The molecule has 102 valence electrons. The molecule has 5 nitrogen and oxygen atoms in total. The van der Waals surface area contributed by atoms with Crippen LogP contribution in [0.1, 0.15) is 29.3 Å². The second-order valence-corrected chi connectivity index (χ2v) is 3.95. The Bertz CT molecular complexity index is 505. The summed E-state index contributed by atoms with van der Waals surface area (Å²) in [5.41, 5.74) is 1.22. The van der Waals surface area contributed by atoms with Crippen molar-refractivity contribution >= 4 is 17.5 Å². The number of methoxy groups -OCH3 is 1. The van der Waals surface area contributed by atoms with Crippen LogP contribution >= 0.6 is 0 Å². The first-order valence-corrected chi connectivity index (χ1v) is 5.87. The highest BCUT2D eigenvalue weighted by molar-refractivity contribution is 6.38. The van der Waals surface area contributed by atoms with Crippen LogP contribution in [0.4, 0.5) is 0 Å². The molecule has 0 aliphatic rings. The largest absolute Gasteiger partial charge is 0.496 e. The van der Waals surface area contributed by atoms with E-state index in [0.717, 1.165) is 5.56 Å². The number of ether oxygens (including phenoxy) is 2. The summed E-state index contributed by atoms with van der Waals surface area (Å²) in [6.45, 7) is 3.56. The number of ketones is 2. The van der Waals surface area contributed by atoms with Crippen LogP contribution in [0, 0.1) is 6.92 Å². The second kappa shape index (κ2) is 6.68. The normalized spacial score (nSPS) is 9.84. The van der Waals surface area contributed by atoms with E-state index in [0.29, 0.717) is 5.75 Å². The number of carbonyl (C=O) groups excluding carboxylic acids is 3. The van der Waals surface area contributed by atoms with E-state index in [1.807, 2.05) is 6.92 Å². The van der Waals surface area contributed by atoms with Crippen LogP contribution in [0.5, 0.6) is 5.75 Å². The molecule has 0 saturated heterocycles. The average Bonchev–Trinajstić information content (AvgIpc) is 2.38. The Balaban J connectivity index is 2.84. The van der Waals surface area contributed by atoms with Gasteiger partial charge in [0.25, 0.3) is 0 Å². The zero-order valence-corrected chi connectivity index (χ0v) is 11.2. The van der Waals surface area contributed by atoms with Gasteiger partial charge in [-0.15, -0.1) is 0 Å². The number of rotatable bonds is 6. The first-order chi connectivity index (χ1) is 8.99. The maximum atomic E-state index is 11.9. The van der Waals surface area contributed by atoms with Crippen LogP contribution in [0.3, 0.4) is 0 Å². The molecule has 1 rings (SSSR count). The first-order valence-electron chi connectivity index (χ1n) is 5.87. The molecule has 0 atom stereocenters. The number of benzene rings is 1. The van der Waals surface area contributed by atoms with Gasteiger partial charge in [-0.05, 0) is 31.5 Å². The SMILES string of the molecule is CCOC(=O)C(=O)CC(=O)c1ccc(C)cc1OC. The smallest absolute Gasteiger partial charge is 0.375 e. The number of carbonyl (C=O) groups is 3. The Morgan fingerprint density at radius 3 is 2.47 bits per heavy atom. The van der Waals surface area contributed by atoms with Crippen LogP contribution in [0.2, 0.25) is 0 Å². The van der Waals surface area contributed by atoms with E-state index >= 15 is 0 Å². The fraction of sp³-hybridized carbons (Fsp3) is 0.357. The molecule has 0 radical (unpaired) electrons. The van der Waals surface area contributed by atoms with Crippen LogP contribution < -0.4 is 4.74 Å². The molecule has 0 unspecified atom stereocenters. The van der Waals surface area contributed by atoms with Crippen molar-refractivity contribution in [2.75, 3.05) is 13.7 Å². The van der Waals surface area contributed by atoms with Crippen molar-refractivity contribution in [3.05, 3.63) is 29.3 Å². The molecule has 1 aromatic rings. The molecule has 5 heteroatoms. The Labute approximate surface area is 111 Å². The summed E-state index contributed by atoms with van der Waals surface area (Å²) >= 11 is 0. The Hall–Kier alpha value is -2.17. The molecular weight excluding hydrogens is 248 g/mol. The molecule has 0 amide bonds. The van der Waals surface area contributed by atoms with Crippen LogP contribution in [-0.4, -0.2) is 31.3 Å². The maximum Gasteiger partial charge on any atom is 0.375 e. The number of hydrogen-bond acceptors (Lipinski definition) is 5. The molecule has 0 aromatic heterocycles.